The summed E-state index contributed by atoms with van der Waals surface area (Å²) >= 11 is 0. The van der Waals surface area contributed by atoms with E-state index in [2.05, 4.69) is 0 Å². The van der Waals surface area contributed by atoms with Crippen LogP contribution in [0.25, 0.3) is 11.1 Å². The van der Waals surface area contributed by atoms with E-state index in [-0.39, 0.29) is 0 Å². The quantitative estimate of drug-likeness (QED) is 0.749. The fourth-order valence-corrected chi connectivity index (χ4v) is 1.91. The molecule has 17 heavy (non-hydrogen) atoms. The molecule has 0 aromatic heterocycles. The van der Waals surface area contributed by atoms with Crippen LogP contribution in [-0.2, 0) is 0 Å². The molecule has 0 saturated heterocycles. The Labute approximate surface area is 101 Å². The molecule has 0 radical (unpaired) electrons. The Morgan fingerprint density at radius 1 is 1.06 bits per heavy atom. The third kappa shape index (κ3) is 2.21. The summed E-state index contributed by atoms with van der Waals surface area (Å²) in [6.45, 7) is 2.01. The Balaban J connectivity index is 2.56. The van der Waals surface area contributed by atoms with Gasteiger partial charge in [-0.25, -0.2) is 0 Å². The predicted octanol–water partition coefficient (Wildman–Crippen LogP) is 3.48. The third-order valence-corrected chi connectivity index (χ3v) is 2.81. The average Bonchev–Trinajstić information content (AvgIpc) is 2.38. The van der Waals surface area contributed by atoms with Crippen LogP contribution >= 0.6 is 0 Å². The van der Waals surface area contributed by atoms with E-state index in [4.69, 9.17) is 4.74 Å². The van der Waals surface area contributed by atoms with Gasteiger partial charge in [0.2, 0.25) is 0 Å². The zero-order chi connectivity index (χ0) is 12.3. The van der Waals surface area contributed by atoms with Gasteiger partial charge in [0.1, 0.15) is 5.75 Å². The smallest absolute Gasteiger partial charge is 0.150 e. The van der Waals surface area contributed by atoms with Crippen molar-refractivity contribution < 1.29 is 9.53 Å². The summed E-state index contributed by atoms with van der Waals surface area (Å²) in [4.78, 5) is 11.0. The molecule has 2 heteroatoms. The van der Waals surface area contributed by atoms with Crippen LogP contribution < -0.4 is 4.74 Å². The van der Waals surface area contributed by atoms with Gasteiger partial charge in [-0.1, -0.05) is 30.3 Å². The van der Waals surface area contributed by atoms with Gasteiger partial charge in [-0.15, -0.1) is 0 Å². The summed E-state index contributed by atoms with van der Waals surface area (Å²) < 4.78 is 5.17. The first-order valence-electron chi connectivity index (χ1n) is 5.45. The van der Waals surface area contributed by atoms with Crippen molar-refractivity contribution in [2.45, 2.75) is 6.92 Å². The Morgan fingerprint density at radius 2 is 1.82 bits per heavy atom. The lowest BCUT2D eigenvalue weighted by Gasteiger charge is -2.10. The van der Waals surface area contributed by atoms with E-state index in [1.54, 1.807) is 7.11 Å². The number of hydrogen-bond acceptors (Lipinski definition) is 2. The highest BCUT2D eigenvalue weighted by molar-refractivity contribution is 5.88. The van der Waals surface area contributed by atoms with E-state index in [9.17, 15) is 4.79 Å². The molecule has 0 aliphatic rings. The van der Waals surface area contributed by atoms with Crippen molar-refractivity contribution in [3.05, 3.63) is 53.6 Å². The zero-order valence-electron chi connectivity index (χ0n) is 9.94. The summed E-state index contributed by atoms with van der Waals surface area (Å²) in [7, 11) is 1.65. The van der Waals surface area contributed by atoms with E-state index in [1.807, 2.05) is 49.4 Å². The zero-order valence-corrected chi connectivity index (χ0v) is 9.94. The monoisotopic (exact) mass is 226 g/mol. The summed E-state index contributed by atoms with van der Waals surface area (Å²) in [5.41, 5.74) is 3.83. The van der Waals surface area contributed by atoms with Gasteiger partial charge < -0.3 is 4.74 Å². The topological polar surface area (TPSA) is 26.3 Å². The van der Waals surface area contributed by atoms with Crippen LogP contribution in [0, 0.1) is 6.92 Å². The number of aldehydes is 1. The van der Waals surface area contributed by atoms with Crippen LogP contribution in [0.15, 0.2) is 42.5 Å². The second kappa shape index (κ2) is 4.83. The van der Waals surface area contributed by atoms with E-state index in [0.717, 1.165) is 28.7 Å². The minimum Gasteiger partial charge on any atom is -0.497 e. The lowest BCUT2D eigenvalue weighted by atomic mass is 9.96. The highest BCUT2D eigenvalue weighted by atomic mass is 16.5. The molecule has 0 atom stereocenters. The number of carbonyl (C=O) groups is 1. The summed E-state index contributed by atoms with van der Waals surface area (Å²) in [5.74, 6) is 0.829. The van der Waals surface area contributed by atoms with Crippen LogP contribution in [0.3, 0.4) is 0 Å². The van der Waals surface area contributed by atoms with Crippen molar-refractivity contribution >= 4 is 6.29 Å². The van der Waals surface area contributed by atoms with Gasteiger partial charge in [-0.05, 0) is 35.7 Å². The van der Waals surface area contributed by atoms with Crippen LogP contribution in [-0.4, -0.2) is 13.4 Å². The molecule has 0 aliphatic heterocycles. The number of benzene rings is 2. The number of carbonyl (C=O) groups excluding carboxylic acids is 1. The Bertz CT molecular complexity index is 544. The first kappa shape index (κ1) is 11.4. The molecular formula is C15H14O2. The first-order chi connectivity index (χ1) is 8.26. The highest BCUT2D eigenvalue weighted by Crippen LogP contribution is 2.28. The van der Waals surface area contributed by atoms with E-state index >= 15 is 0 Å². The molecule has 0 aliphatic carbocycles. The molecule has 0 saturated carbocycles. The SMILES string of the molecule is COc1ccc(-c2ccccc2C=O)c(C)c1. The molecular weight excluding hydrogens is 212 g/mol. The van der Waals surface area contributed by atoms with E-state index < -0.39 is 0 Å². The van der Waals surface area contributed by atoms with Crippen molar-refractivity contribution in [2.24, 2.45) is 0 Å². The van der Waals surface area contributed by atoms with Gasteiger partial charge in [0.05, 0.1) is 7.11 Å². The molecule has 2 rings (SSSR count). The maximum absolute atomic E-state index is 11.0. The number of rotatable bonds is 3. The number of hydrogen-bond donors (Lipinski definition) is 0. The maximum atomic E-state index is 11.0. The molecule has 2 nitrogen and oxygen atoms in total. The molecule has 0 bridgehead atoms. The Morgan fingerprint density at radius 3 is 2.47 bits per heavy atom. The lowest BCUT2D eigenvalue weighted by molar-refractivity contribution is 0.112. The number of methoxy groups -OCH3 is 1. The predicted molar refractivity (Wildman–Crippen MR) is 68.6 cm³/mol. The molecule has 86 valence electrons. The summed E-state index contributed by atoms with van der Waals surface area (Å²) in [5, 5.41) is 0. The standard InChI is InChI=1S/C15H14O2/c1-11-9-13(17-2)7-8-14(11)15-6-4-3-5-12(15)10-16/h3-10H,1-2H3. The maximum Gasteiger partial charge on any atom is 0.150 e. The second-order valence-corrected chi connectivity index (χ2v) is 3.89. The van der Waals surface area contributed by atoms with Gasteiger partial charge in [0, 0.05) is 5.56 Å². The molecule has 0 unspecified atom stereocenters. The van der Waals surface area contributed by atoms with Crippen LogP contribution in [0.4, 0.5) is 0 Å². The fraction of sp³-hybridized carbons (Fsp3) is 0.133. The van der Waals surface area contributed by atoms with Crippen molar-refractivity contribution in [1.29, 1.82) is 0 Å². The summed E-state index contributed by atoms with van der Waals surface area (Å²) in [6.07, 6.45) is 0.888. The average molecular weight is 226 g/mol. The van der Waals surface area contributed by atoms with Crippen molar-refractivity contribution in [2.75, 3.05) is 7.11 Å². The van der Waals surface area contributed by atoms with Crippen molar-refractivity contribution in [3.63, 3.8) is 0 Å². The van der Waals surface area contributed by atoms with Gasteiger partial charge >= 0.3 is 0 Å². The minimum absolute atomic E-state index is 0.709. The van der Waals surface area contributed by atoms with Gasteiger partial charge in [0.15, 0.2) is 6.29 Å². The Kier molecular flexibility index (Phi) is 3.24. The minimum atomic E-state index is 0.709. The number of ether oxygens (including phenoxy) is 1. The van der Waals surface area contributed by atoms with Gasteiger partial charge in [-0.2, -0.15) is 0 Å². The molecule has 0 spiro atoms. The van der Waals surface area contributed by atoms with Crippen molar-refractivity contribution in [1.82, 2.24) is 0 Å². The molecule has 0 heterocycles. The van der Waals surface area contributed by atoms with Crippen LogP contribution in [0.2, 0.25) is 0 Å². The number of aryl methyl sites for hydroxylation is 1. The Hall–Kier alpha value is -2.09. The molecule has 2 aromatic carbocycles. The van der Waals surface area contributed by atoms with Crippen LogP contribution in [0.1, 0.15) is 15.9 Å². The normalized spacial score (nSPS) is 10.0. The summed E-state index contributed by atoms with van der Waals surface area (Å²) in [6, 6.07) is 13.4. The van der Waals surface area contributed by atoms with E-state index in [0.29, 0.717) is 5.56 Å². The highest BCUT2D eigenvalue weighted by Gasteiger charge is 2.07. The second-order valence-electron chi connectivity index (χ2n) is 3.89. The van der Waals surface area contributed by atoms with Crippen LogP contribution in [0.5, 0.6) is 5.75 Å². The lowest BCUT2D eigenvalue weighted by Crippen LogP contribution is -1.91. The molecule has 0 fully saturated rings. The fourth-order valence-electron chi connectivity index (χ4n) is 1.91. The third-order valence-electron chi connectivity index (χ3n) is 2.81. The first-order valence-corrected chi connectivity index (χ1v) is 5.45. The van der Waals surface area contributed by atoms with Gasteiger partial charge in [0.25, 0.3) is 0 Å². The molecule has 0 N–H and O–H groups in total. The van der Waals surface area contributed by atoms with Crippen molar-refractivity contribution in [3.8, 4) is 16.9 Å². The molecule has 2 aromatic rings. The van der Waals surface area contributed by atoms with Gasteiger partial charge in [-0.3, -0.25) is 4.79 Å². The largest absolute Gasteiger partial charge is 0.497 e. The van der Waals surface area contributed by atoms with E-state index in [1.165, 1.54) is 0 Å². The molecule has 0 amide bonds.